The van der Waals surface area contributed by atoms with E-state index in [9.17, 15) is 0 Å². The summed E-state index contributed by atoms with van der Waals surface area (Å²) >= 11 is 0. The maximum atomic E-state index is 3.50. The van der Waals surface area contributed by atoms with Gasteiger partial charge in [0.25, 0.3) is 0 Å². The minimum absolute atomic E-state index is 0.696. The van der Waals surface area contributed by atoms with Crippen LogP contribution in [0.15, 0.2) is 0 Å². The lowest BCUT2D eigenvalue weighted by atomic mass is 10.1. The number of rotatable bonds is 9. The van der Waals surface area contributed by atoms with E-state index in [-0.39, 0.29) is 0 Å². The molecular formula is C14H30N2. The van der Waals surface area contributed by atoms with Crippen LogP contribution < -0.4 is 5.32 Å². The molecule has 2 nitrogen and oxygen atoms in total. The van der Waals surface area contributed by atoms with Crippen molar-refractivity contribution in [1.82, 2.24) is 10.2 Å². The molecule has 0 radical (unpaired) electrons. The second-order valence-electron chi connectivity index (χ2n) is 5.62. The van der Waals surface area contributed by atoms with Gasteiger partial charge in [-0.15, -0.1) is 0 Å². The lowest BCUT2D eigenvalue weighted by Crippen LogP contribution is -2.41. The molecule has 1 saturated carbocycles. The molecule has 1 aliphatic carbocycles. The summed E-state index contributed by atoms with van der Waals surface area (Å²) in [6.45, 7) is 12.9. The van der Waals surface area contributed by atoms with Gasteiger partial charge in [-0.3, -0.25) is 4.90 Å². The van der Waals surface area contributed by atoms with E-state index in [1.165, 1.54) is 38.8 Å². The topological polar surface area (TPSA) is 15.3 Å². The summed E-state index contributed by atoms with van der Waals surface area (Å²) in [7, 11) is 0. The molecular weight excluding hydrogens is 196 g/mol. The summed E-state index contributed by atoms with van der Waals surface area (Å²) in [5.41, 5.74) is 0. The zero-order valence-corrected chi connectivity index (χ0v) is 11.6. The Morgan fingerprint density at radius 3 is 2.38 bits per heavy atom. The zero-order chi connectivity index (χ0) is 12.0. The molecule has 16 heavy (non-hydrogen) atoms. The Bertz CT molecular complexity index is 176. The number of nitrogens with one attached hydrogen (secondary N) is 1. The molecule has 0 aromatic rings. The third-order valence-electron chi connectivity index (χ3n) is 3.56. The Morgan fingerprint density at radius 2 is 1.88 bits per heavy atom. The predicted octanol–water partition coefficient (Wildman–Crippen LogP) is 2.89. The standard InChI is InChI=1S/C14H30N2/c1-5-9-15-10-8-13(4)16(12(2)3)11-14-6-7-14/h12-15H,5-11H2,1-4H3. The largest absolute Gasteiger partial charge is 0.317 e. The van der Waals surface area contributed by atoms with Crippen LogP contribution in [0.5, 0.6) is 0 Å². The highest BCUT2D eigenvalue weighted by Crippen LogP contribution is 2.31. The average molecular weight is 226 g/mol. The van der Waals surface area contributed by atoms with Gasteiger partial charge in [0.15, 0.2) is 0 Å². The van der Waals surface area contributed by atoms with E-state index in [2.05, 4.69) is 37.9 Å². The van der Waals surface area contributed by atoms with Crippen LogP contribution >= 0.6 is 0 Å². The second kappa shape index (κ2) is 7.29. The lowest BCUT2D eigenvalue weighted by Gasteiger charge is -2.33. The van der Waals surface area contributed by atoms with Gasteiger partial charge in [-0.25, -0.2) is 0 Å². The molecule has 1 atom stereocenters. The van der Waals surface area contributed by atoms with Gasteiger partial charge >= 0.3 is 0 Å². The summed E-state index contributed by atoms with van der Waals surface area (Å²) < 4.78 is 0. The molecule has 0 bridgehead atoms. The first-order valence-electron chi connectivity index (χ1n) is 7.11. The van der Waals surface area contributed by atoms with Crippen molar-refractivity contribution < 1.29 is 0 Å². The van der Waals surface area contributed by atoms with Gasteiger partial charge in [0.05, 0.1) is 0 Å². The molecule has 0 spiro atoms. The van der Waals surface area contributed by atoms with Crippen molar-refractivity contribution >= 4 is 0 Å². The molecule has 0 saturated heterocycles. The van der Waals surface area contributed by atoms with Crippen LogP contribution in [0.2, 0.25) is 0 Å². The van der Waals surface area contributed by atoms with Gasteiger partial charge in [0.2, 0.25) is 0 Å². The van der Waals surface area contributed by atoms with Crippen molar-refractivity contribution in [3.63, 3.8) is 0 Å². The molecule has 0 aromatic carbocycles. The zero-order valence-electron chi connectivity index (χ0n) is 11.6. The molecule has 1 N–H and O–H groups in total. The average Bonchev–Trinajstić information content (AvgIpc) is 3.04. The van der Waals surface area contributed by atoms with E-state index in [0.29, 0.717) is 6.04 Å². The van der Waals surface area contributed by atoms with Crippen LogP contribution in [0.3, 0.4) is 0 Å². The van der Waals surface area contributed by atoms with E-state index >= 15 is 0 Å². The van der Waals surface area contributed by atoms with Gasteiger partial charge in [-0.05, 0) is 65.5 Å². The van der Waals surface area contributed by atoms with Crippen molar-refractivity contribution in [3.8, 4) is 0 Å². The van der Waals surface area contributed by atoms with Crippen LogP contribution in [-0.2, 0) is 0 Å². The first kappa shape index (κ1) is 14.0. The van der Waals surface area contributed by atoms with Gasteiger partial charge in [0.1, 0.15) is 0 Å². The predicted molar refractivity (Wildman–Crippen MR) is 71.8 cm³/mol. The van der Waals surface area contributed by atoms with Crippen molar-refractivity contribution in [2.75, 3.05) is 19.6 Å². The first-order chi connectivity index (χ1) is 7.65. The molecule has 1 unspecified atom stereocenters. The van der Waals surface area contributed by atoms with Crippen LogP contribution in [-0.4, -0.2) is 36.6 Å². The SMILES string of the molecule is CCCNCCC(C)N(CC1CC1)C(C)C. The summed E-state index contributed by atoms with van der Waals surface area (Å²) in [5, 5.41) is 3.50. The minimum atomic E-state index is 0.696. The smallest absolute Gasteiger partial charge is 0.00818 e. The quantitative estimate of drug-likeness (QED) is 0.608. The van der Waals surface area contributed by atoms with Crippen LogP contribution in [0.4, 0.5) is 0 Å². The fourth-order valence-electron chi connectivity index (χ4n) is 2.28. The van der Waals surface area contributed by atoms with E-state index in [1.807, 2.05) is 0 Å². The van der Waals surface area contributed by atoms with Gasteiger partial charge in [-0.2, -0.15) is 0 Å². The van der Waals surface area contributed by atoms with Gasteiger partial charge in [0, 0.05) is 18.6 Å². The summed E-state index contributed by atoms with van der Waals surface area (Å²) in [6.07, 6.45) is 5.45. The highest BCUT2D eigenvalue weighted by Gasteiger charge is 2.27. The number of hydrogen-bond acceptors (Lipinski definition) is 2. The van der Waals surface area contributed by atoms with E-state index in [1.54, 1.807) is 0 Å². The van der Waals surface area contributed by atoms with Gasteiger partial charge < -0.3 is 5.32 Å². The Labute approximate surface area is 102 Å². The van der Waals surface area contributed by atoms with E-state index < -0.39 is 0 Å². The highest BCUT2D eigenvalue weighted by molar-refractivity contribution is 4.81. The van der Waals surface area contributed by atoms with Crippen molar-refractivity contribution in [3.05, 3.63) is 0 Å². The first-order valence-corrected chi connectivity index (χ1v) is 7.11. The molecule has 0 heterocycles. The van der Waals surface area contributed by atoms with Crippen LogP contribution in [0.25, 0.3) is 0 Å². The lowest BCUT2D eigenvalue weighted by molar-refractivity contribution is 0.149. The molecule has 2 heteroatoms. The molecule has 0 amide bonds. The molecule has 1 aliphatic rings. The Kier molecular flexibility index (Phi) is 6.37. The Morgan fingerprint density at radius 1 is 1.19 bits per heavy atom. The Balaban J connectivity index is 2.20. The fraction of sp³-hybridized carbons (Fsp3) is 1.00. The third-order valence-corrected chi connectivity index (χ3v) is 3.56. The monoisotopic (exact) mass is 226 g/mol. The molecule has 1 fully saturated rings. The molecule has 1 rings (SSSR count). The summed E-state index contributed by atoms with van der Waals surface area (Å²) in [4.78, 5) is 2.69. The van der Waals surface area contributed by atoms with Crippen molar-refractivity contribution in [2.45, 2.75) is 65.5 Å². The molecule has 0 aromatic heterocycles. The molecule has 0 aliphatic heterocycles. The summed E-state index contributed by atoms with van der Waals surface area (Å²) in [6, 6.07) is 1.42. The Hall–Kier alpha value is -0.0800. The minimum Gasteiger partial charge on any atom is -0.317 e. The van der Waals surface area contributed by atoms with Crippen LogP contribution in [0.1, 0.15) is 53.4 Å². The third kappa shape index (κ3) is 5.31. The molecule has 96 valence electrons. The fourth-order valence-corrected chi connectivity index (χ4v) is 2.28. The number of nitrogens with zero attached hydrogens (tertiary/aromatic N) is 1. The second-order valence-corrected chi connectivity index (χ2v) is 5.62. The maximum absolute atomic E-state index is 3.50. The number of hydrogen-bond donors (Lipinski definition) is 1. The van der Waals surface area contributed by atoms with Gasteiger partial charge in [-0.1, -0.05) is 6.92 Å². The van der Waals surface area contributed by atoms with E-state index in [4.69, 9.17) is 0 Å². The van der Waals surface area contributed by atoms with Crippen molar-refractivity contribution in [1.29, 1.82) is 0 Å². The van der Waals surface area contributed by atoms with Crippen molar-refractivity contribution in [2.24, 2.45) is 5.92 Å². The van der Waals surface area contributed by atoms with Crippen LogP contribution in [0, 0.1) is 5.92 Å². The normalized spacial score (nSPS) is 18.4. The highest BCUT2D eigenvalue weighted by atomic mass is 15.2. The maximum Gasteiger partial charge on any atom is 0.00818 e. The van der Waals surface area contributed by atoms with E-state index in [0.717, 1.165) is 18.5 Å². The summed E-state index contributed by atoms with van der Waals surface area (Å²) in [5.74, 6) is 1.01.